The van der Waals surface area contributed by atoms with E-state index >= 15 is 0 Å². The van der Waals surface area contributed by atoms with Crippen molar-refractivity contribution in [3.63, 3.8) is 0 Å². The third-order valence-corrected chi connectivity index (χ3v) is 12.3. The van der Waals surface area contributed by atoms with Crippen LogP contribution in [0.25, 0.3) is 0 Å². The smallest absolute Gasteiger partial charge is 0.310 e. The first-order valence-electron chi connectivity index (χ1n) is 15.9. The van der Waals surface area contributed by atoms with Gasteiger partial charge in [0.05, 0.1) is 39.7 Å². The highest BCUT2D eigenvalue weighted by Gasteiger charge is 2.48. The van der Waals surface area contributed by atoms with Crippen molar-refractivity contribution in [1.29, 1.82) is 0 Å². The average molecular weight is 877 g/mol. The van der Waals surface area contributed by atoms with Crippen molar-refractivity contribution in [2.75, 3.05) is 27.6 Å². The minimum atomic E-state index is -5.60. The monoisotopic (exact) mass is 876 g/mol. The minimum Gasteiger partial charge on any atom is -0.310 e. The Labute approximate surface area is 324 Å². The van der Waals surface area contributed by atoms with Crippen LogP contribution in [0.4, 0.5) is 53.0 Å². The van der Waals surface area contributed by atoms with Gasteiger partial charge in [0.1, 0.15) is 13.1 Å². The number of anilines is 3. The number of sulfone groups is 2. The van der Waals surface area contributed by atoms with Crippen LogP contribution >= 0.6 is 0 Å². The third-order valence-electron chi connectivity index (χ3n) is 8.04. The molecule has 3 aromatic carbocycles. The Balaban J connectivity index is 0.000000269. The molecular formula is C33H26F6N6O10S3. The lowest BCUT2D eigenvalue weighted by atomic mass is 10.2. The highest BCUT2D eigenvalue weighted by atomic mass is 32.2. The maximum Gasteiger partial charge on any atom is 0.501 e. The van der Waals surface area contributed by atoms with Crippen molar-refractivity contribution in [2.24, 2.45) is 0 Å². The molecule has 0 spiro atoms. The van der Waals surface area contributed by atoms with Crippen molar-refractivity contribution < 1.29 is 70.8 Å². The first-order chi connectivity index (χ1) is 26.9. The van der Waals surface area contributed by atoms with Crippen LogP contribution in [0.5, 0.6) is 0 Å². The molecule has 2 aliphatic heterocycles. The van der Waals surface area contributed by atoms with Crippen molar-refractivity contribution >= 4 is 70.6 Å². The summed E-state index contributed by atoms with van der Waals surface area (Å²) in [5.74, 6) is -1.57. The molecule has 6 amide bonds. The normalized spacial score (nSPS) is 15.3. The molecule has 6 rings (SSSR count). The quantitative estimate of drug-likeness (QED) is 0.169. The molecule has 308 valence electrons. The lowest BCUT2D eigenvalue weighted by molar-refractivity contribution is -0.118. The fourth-order valence-corrected chi connectivity index (χ4v) is 8.03. The van der Waals surface area contributed by atoms with Gasteiger partial charge in [-0.25, -0.2) is 39.7 Å². The number of nitrogens with one attached hydrogen (secondary N) is 2. The van der Waals surface area contributed by atoms with Crippen molar-refractivity contribution in [1.82, 2.24) is 15.2 Å². The molecule has 0 radical (unpaired) electrons. The van der Waals surface area contributed by atoms with E-state index in [1.165, 1.54) is 18.5 Å². The summed E-state index contributed by atoms with van der Waals surface area (Å²) in [7, 11) is -14.9. The fraction of sp³-hybridized carbons (Fsp3) is 0.182. The summed E-state index contributed by atoms with van der Waals surface area (Å²) in [4.78, 5) is 52.6. The van der Waals surface area contributed by atoms with Crippen LogP contribution in [-0.4, -0.2) is 83.1 Å². The average Bonchev–Trinajstić information content (AvgIpc) is 3.63. The zero-order chi connectivity index (χ0) is 42.8. The number of carbonyl (C=O) groups is 4. The van der Waals surface area contributed by atoms with Gasteiger partial charge < -0.3 is 4.90 Å². The number of rotatable bonds is 10. The fourth-order valence-electron chi connectivity index (χ4n) is 5.28. The van der Waals surface area contributed by atoms with Gasteiger partial charge in [0, 0.05) is 11.9 Å². The van der Waals surface area contributed by atoms with E-state index in [-0.39, 0.29) is 35.9 Å². The summed E-state index contributed by atoms with van der Waals surface area (Å²) in [5.41, 5.74) is -9.91. The molecule has 3 heterocycles. The second-order valence-corrected chi connectivity index (χ2v) is 17.7. The maximum atomic E-state index is 13.0. The highest BCUT2D eigenvalue weighted by molar-refractivity contribution is 7.92. The number of hydrogen-bond acceptors (Lipinski definition) is 11. The Morgan fingerprint density at radius 2 is 1.22 bits per heavy atom. The zero-order valence-corrected chi connectivity index (χ0v) is 31.4. The molecule has 2 aliphatic rings. The van der Waals surface area contributed by atoms with Gasteiger partial charge in [-0.05, 0) is 65.7 Å². The SMILES string of the molecule is O=C1CN(Cc2ccncc2NS(=O)(=O)Cc2ccccc2)C(=O)N1c1ccc(S(=O)(=O)C(F)(F)F)cc1.O=C1CN(c2ccc(S(=O)(=O)C(F)(F)F)cc2)C(=O)N1. The molecule has 58 heavy (non-hydrogen) atoms. The molecular weight excluding hydrogens is 851 g/mol. The van der Waals surface area contributed by atoms with E-state index in [1.807, 2.05) is 5.32 Å². The molecule has 4 aromatic rings. The van der Waals surface area contributed by atoms with Gasteiger partial charge in [0.2, 0.25) is 15.9 Å². The van der Waals surface area contributed by atoms with Crippen molar-refractivity contribution in [3.8, 4) is 0 Å². The topological polar surface area (TPSA) is 217 Å². The molecule has 0 unspecified atom stereocenters. The van der Waals surface area contributed by atoms with Crippen molar-refractivity contribution in [3.05, 3.63) is 108 Å². The number of halogens is 6. The Hall–Kier alpha value is -6.08. The first kappa shape index (κ1) is 43.1. The van der Waals surface area contributed by atoms with Crippen LogP contribution < -0.4 is 19.8 Å². The van der Waals surface area contributed by atoms with Crippen LogP contribution in [0.1, 0.15) is 11.1 Å². The molecule has 0 saturated carbocycles. The molecule has 2 N–H and O–H groups in total. The number of nitrogens with zero attached hydrogens (tertiary/aromatic N) is 4. The van der Waals surface area contributed by atoms with Crippen LogP contribution in [-0.2, 0) is 51.6 Å². The minimum absolute atomic E-state index is 0.101. The summed E-state index contributed by atoms with van der Waals surface area (Å²) in [6, 6.07) is 15.0. The molecule has 16 nitrogen and oxygen atoms in total. The van der Waals surface area contributed by atoms with Gasteiger partial charge in [-0.2, -0.15) is 26.3 Å². The second kappa shape index (κ2) is 16.0. The largest absolute Gasteiger partial charge is 0.501 e. The summed E-state index contributed by atoms with van der Waals surface area (Å²) in [6.07, 6.45) is 2.64. The molecule has 0 atom stereocenters. The standard InChI is InChI=1S/C23H19F3N4O6S2.C10H7F3N2O4S/c24-23(25,26)38(35,36)19-8-6-18(7-9-19)30-21(31)14-29(22(30)32)13-17-10-11-27-12-20(17)28-37(33,34)15-16-4-2-1-3-5-16;11-10(12,13)20(18,19)7-3-1-6(2-4-7)15-5-8(16)14-9(15)17/h1-12,28H,13-15H2;1-4H,5H2,(H,14,16,17). The Kier molecular flexibility index (Phi) is 11.9. The lowest BCUT2D eigenvalue weighted by Gasteiger charge is -2.19. The van der Waals surface area contributed by atoms with Gasteiger partial charge in [-0.15, -0.1) is 0 Å². The molecule has 0 bridgehead atoms. The van der Waals surface area contributed by atoms with E-state index in [4.69, 9.17) is 0 Å². The van der Waals surface area contributed by atoms with Crippen LogP contribution in [0.2, 0.25) is 0 Å². The van der Waals surface area contributed by atoms with E-state index in [0.29, 0.717) is 28.2 Å². The number of carbonyl (C=O) groups excluding carboxylic acids is 4. The number of amides is 6. The number of sulfonamides is 1. The zero-order valence-electron chi connectivity index (χ0n) is 28.9. The number of urea groups is 2. The Morgan fingerprint density at radius 1 is 0.690 bits per heavy atom. The van der Waals surface area contributed by atoms with Gasteiger partial charge in [0.15, 0.2) is 0 Å². The highest BCUT2D eigenvalue weighted by Crippen LogP contribution is 2.33. The van der Waals surface area contributed by atoms with Crippen LogP contribution in [0.15, 0.2) is 107 Å². The molecule has 2 saturated heterocycles. The van der Waals surface area contributed by atoms with E-state index < -0.39 is 80.9 Å². The van der Waals surface area contributed by atoms with Gasteiger partial charge in [-0.3, -0.25) is 29.5 Å². The second-order valence-electron chi connectivity index (χ2n) is 12.1. The molecule has 0 aliphatic carbocycles. The first-order valence-corrected chi connectivity index (χ1v) is 20.6. The van der Waals surface area contributed by atoms with Crippen LogP contribution in [0, 0.1) is 0 Å². The Bertz CT molecular complexity index is 2580. The summed E-state index contributed by atoms with van der Waals surface area (Å²) in [6.45, 7) is -0.864. The molecule has 2 fully saturated rings. The van der Waals surface area contributed by atoms with E-state index in [2.05, 4.69) is 9.71 Å². The van der Waals surface area contributed by atoms with E-state index in [9.17, 15) is 70.8 Å². The van der Waals surface area contributed by atoms with E-state index in [0.717, 1.165) is 46.2 Å². The number of alkyl halides is 6. The Morgan fingerprint density at radius 3 is 1.72 bits per heavy atom. The maximum absolute atomic E-state index is 13.0. The van der Waals surface area contributed by atoms with Crippen molar-refractivity contribution in [2.45, 2.75) is 33.1 Å². The predicted molar refractivity (Wildman–Crippen MR) is 190 cm³/mol. The summed E-state index contributed by atoms with van der Waals surface area (Å²) >= 11 is 0. The summed E-state index contributed by atoms with van der Waals surface area (Å²) in [5, 5.41) is 1.98. The van der Waals surface area contributed by atoms with E-state index in [1.54, 1.807) is 30.3 Å². The lowest BCUT2D eigenvalue weighted by Crippen LogP contribution is -2.33. The summed E-state index contributed by atoms with van der Waals surface area (Å²) < 4.78 is 149. The van der Waals surface area contributed by atoms with Gasteiger partial charge in [0.25, 0.3) is 25.6 Å². The number of benzene rings is 3. The number of imide groups is 2. The third kappa shape index (κ3) is 9.37. The number of hydrogen-bond donors (Lipinski definition) is 2. The number of aromatic nitrogens is 1. The van der Waals surface area contributed by atoms with Gasteiger partial charge >= 0.3 is 23.1 Å². The number of pyridine rings is 1. The molecule has 25 heteroatoms. The molecule has 1 aromatic heterocycles. The van der Waals surface area contributed by atoms with Gasteiger partial charge in [-0.1, -0.05) is 30.3 Å². The predicted octanol–water partition coefficient (Wildman–Crippen LogP) is 4.32. The van der Waals surface area contributed by atoms with Crippen LogP contribution in [0.3, 0.4) is 0 Å².